The molecule has 0 saturated carbocycles. The quantitative estimate of drug-likeness (QED) is 0.645. The molecule has 0 aromatic rings. The second-order valence-electron chi connectivity index (χ2n) is 8.33. The first-order valence-corrected chi connectivity index (χ1v) is 22.1. The maximum Gasteiger partial charge on any atom is 0.477 e. The molecule has 0 fully saturated rings. The first kappa shape index (κ1) is 21.9. The number of hydrogen-bond acceptors (Lipinski definition) is 5. The van der Waals surface area contributed by atoms with Crippen LogP contribution in [0.4, 0.5) is 0 Å². The molecular formula is C11H34O5Si5. The molecule has 0 rings (SSSR count). The van der Waals surface area contributed by atoms with Crippen LogP contribution in [0.1, 0.15) is 0 Å². The zero-order valence-corrected chi connectivity index (χ0v) is 20.6. The van der Waals surface area contributed by atoms with Crippen molar-refractivity contribution in [2.24, 2.45) is 0 Å². The smallest absolute Gasteiger partial charge is 0.437 e. The topological polar surface area (TPSA) is 57.2 Å². The molecule has 0 saturated heterocycles. The summed E-state index contributed by atoms with van der Waals surface area (Å²) < 4.78 is 24.1. The van der Waals surface area contributed by atoms with Crippen LogP contribution in [0.3, 0.4) is 0 Å². The van der Waals surface area contributed by atoms with Crippen molar-refractivity contribution < 1.29 is 21.3 Å². The predicted molar refractivity (Wildman–Crippen MR) is 99.8 cm³/mol. The van der Waals surface area contributed by atoms with Crippen molar-refractivity contribution >= 4 is 42.6 Å². The number of rotatable bonds is 8. The largest absolute Gasteiger partial charge is 0.477 e. The summed E-state index contributed by atoms with van der Waals surface area (Å²) in [4.78, 5) is 10.6. The number of hydrogen-bond donors (Lipinski definition) is 1. The van der Waals surface area contributed by atoms with Crippen molar-refractivity contribution in [3.8, 4) is 0 Å². The van der Waals surface area contributed by atoms with Gasteiger partial charge in [0.1, 0.15) is 0 Å². The summed E-state index contributed by atoms with van der Waals surface area (Å²) in [5.74, 6) is 0. The molecule has 0 aliphatic rings. The van der Waals surface area contributed by atoms with E-state index in [1.54, 1.807) is 6.55 Å². The van der Waals surface area contributed by atoms with Crippen molar-refractivity contribution in [2.45, 2.75) is 72.0 Å². The molecule has 0 atom stereocenters. The van der Waals surface area contributed by atoms with E-state index in [0.29, 0.717) is 0 Å². The van der Waals surface area contributed by atoms with E-state index in [4.69, 9.17) is 16.5 Å². The van der Waals surface area contributed by atoms with Gasteiger partial charge in [-0.3, -0.25) is 0 Å². The van der Waals surface area contributed by atoms with Crippen LogP contribution in [0.2, 0.25) is 72.0 Å². The fourth-order valence-corrected chi connectivity index (χ4v) is 23.2. The highest BCUT2D eigenvalue weighted by Crippen LogP contribution is 2.24. The standard InChI is InChI=1S/C11H34O5Si5/c1-17(2,3)13-19(7,8)15-21(11,12)16-20(9,10)14-18(4,5)6/h12H,1-11H3. The lowest BCUT2D eigenvalue weighted by molar-refractivity contribution is 0.209. The molecule has 0 amide bonds. The van der Waals surface area contributed by atoms with E-state index in [1.807, 2.05) is 26.2 Å². The van der Waals surface area contributed by atoms with Crippen LogP contribution >= 0.6 is 0 Å². The summed E-state index contributed by atoms with van der Waals surface area (Å²) in [6.07, 6.45) is 0. The fourth-order valence-electron chi connectivity index (χ4n) is 2.45. The van der Waals surface area contributed by atoms with Crippen molar-refractivity contribution in [2.75, 3.05) is 0 Å². The minimum atomic E-state index is -3.26. The molecule has 21 heavy (non-hydrogen) atoms. The molecule has 0 aromatic heterocycles. The Morgan fingerprint density at radius 2 is 0.714 bits per heavy atom. The molecule has 0 aliphatic carbocycles. The van der Waals surface area contributed by atoms with E-state index in [2.05, 4.69) is 39.3 Å². The van der Waals surface area contributed by atoms with Gasteiger partial charge in [0.2, 0.25) is 0 Å². The Morgan fingerprint density at radius 1 is 0.476 bits per heavy atom. The van der Waals surface area contributed by atoms with E-state index in [-0.39, 0.29) is 0 Å². The molecule has 0 spiro atoms. The molecule has 0 heterocycles. The Balaban J connectivity index is 4.83. The van der Waals surface area contributed by atoms with E-state index in [1.165, 1.54) is 0 Å². The highest BCUT2D eigenvalue weighted by Gasteiger charge is 2.47. The summed E-state index contributed by atoms with van der Waals surface area (Å²) in [5, 5.41) is 0. The molecule has 0 unspecified atom stereocenters. The van der Waals surface area contributed by atoms with Gasteiger partial charge >= 0.3 is 25.9 Å². The van der Waals surface area contributed by atoms with Gasteiger partial charge in [-0.15, -0.1) is 0 Å². The lowest BCUT2D eigenvalue weighted by Crippen LogP contribution is -2.59. The van der Waals surface area contributed by atoms with Gasteiger partial charge < -0.3 is 21.3 Å². The molecule has 0 bridgehead atoms. The second kappa shape index (κ2) is 6.79. The summed E-state index contributed by atoms with van der Waals surface area (Å²) in [7, 11) is -11.5. The van der Waals surface area contributed by atoms with Gasteiger partial charge in [0.15, 0.2) is 16.6 Å². The van der Waals surface area contributed by atoms with Crippen LogP contribution in [0.25, 0.3) is 0 Å². The van der Waals surface area contributed by atoms with Gasteiger partial charge in [-0.25, -0.2) is 0 Å². The summed E-state index contributed by atoms with van der Waals surface area (Å²) in [6, 6.07) is 0. The van der Waals surface area contributed by atoms with Gasteiger partial charge in [-0.1, -0.05) is 0 Å². The van der Waals surface area contributed by atoms with Crippen molar-refractivity contribution in [1.82, 2.24) is 0 Å². The molecule has 0 aromatic carbocycles. The molecule has 0 aliphatic heterocycles. The minimum absolute atomic E-state index is 1.66. The normalized spacial score (nSPS) is 15.4. The van der Waals surface area contributed by atoms with E-state index >= 15 is 0 Å². The van der Waals surface area contributed by atoms with Gasteiger partial charge in [-0.2, -0.15) is 0 Å². The highest BCUT2D eigenvalue weighted by atomic mass is 28.5. The predicted octanol–water partition coefficient (Wildman–Crippen LogP) is 3.69. The summed E-state index contributed by atoms with van der Waals surface area (Å²) >= 11 is 0. The van der Waals surface area contributed by atoms with Gasteiger partial charge in [0, 0.05) is 6.55 Å². The van der Waals surface area contributed by atoms with Gasteiger partial charge in [0.25, 0.3) is 0 Å². The van der Waals surface area contributed by atoms with Crippen molar-refractivity contribution in [3.05, 3.63) is 0 Å². The minimum Gasteiger partial charge on any atom is -0.437 e. The van der Waals surface area contributed by atoms with Crippen LogP contribution in [-0.4, -0.2) is 47.4 Å². The zero-order valence-electron chi connectivity index (χ0n) is 15.6. The Kier molecular flexibility index (Phi) is 7.07. The zero-order chi connectivity index (χ0) is 17.3. The Bertz CT molecular complexity index is 314. The third-order valence-corrected chi connectivity index (χ3v) is 17.8. The van der Waals surface area contributed by atoms with E-state index < -0.39 is 42.6 Å². The van der Waals surface area contributed by atoms with Crippen molar-refractivity contribution in [3.63, 3.8) is 0 Å². The van der Waals surface area contributed by atoms with E-state index in [0.717, 1.165) is 0 Å². The SMILES string of the molecule is C[Si](C)(C)O[Si](C)(C)O[Si](C)(O)O[Si](C)(C)O[Si](C)(C)C. The van der Waals surface area contributed by atoms with Crippen LogP contribution in [-0.2, 0) is 16.5 Å². The molecule has 1 N–H and O–H groups in total. The van der Waals surface area contributed by atoms with E-state index in [9.17, 15) is 4.80 Å². The van der Waals surface area contributed by atoms with Gasteiger partial charge in [0.05, 0.1) is 0 Å². The highest BCUT2D eigenvalue weighted by molar-refractivity contribution is 6.88. The van der Waals surface area contributed by atoms with Gasteiger partial charge in [-0.05, 0) is 65.5 Å². The molecular weight excluding hydrogens is 353 g/mol. The van der Waals surface area contributed by atoms with Crippen LogP contribution in [0.5, 0.6) is 0 Å². The van der Waals surface area contributed by atoms with Crippen LogP contribution in [0, 0.1) is 0 Å². The Morgan fingerprint density at radius 3 is 0.905 bits per heavy atom. The Hall–Kier alpha value is 0.884. The lowest BCUT2D eigenvalue weighted by atomic mass is 11.8. The first-order chi connectivity index (χ1) is 8.83. The fraction of sp³-hybridized carbons (Fsp3) is 1.00. The average Bonchev–Trinajstić information content (AvgIpc) is 1.83. The summed E-state index contributed by atoms with van der Waals surface area (Å²) in [6.45, 7) is 22.2. The first-order valence-electron chi connectivity index (χ1n) is 7.36. The third kappa shape index (κ3) is 12.0. The van der Waals surface area contributed by atoms with Crippen LogP contribution in [0.15, 0.2) is 0 Å². The van der Waals surface area contributed by atoms with Crippen molar-refractivity contribution in [1.29, 1.82) is 0 Å². The second-order valence-corrected chi connectivity index (χ2v) is 27.4. The average molecular weight is 387 g/mol. The molecule has 128 valence electrons. The maximum absolute atomic E-state index is 10.6. The van der Waals surface area contributed by atoms with Crippen LogP contribution < -0.4 is 0 Å². The maximum atomic E-state index is 10.6. The molecule has 5 nitrogen and oxygen atoms in total. The Labute approximate surface area is 136 Å². The monoisotopic (exact) mass is 386 g/mol. The summed E-state index contributed by atoms with van der Waals surface area (Å²) in [5.41, 5.74) is 0. The molecule has 0 radical (unpaired) electrons. The molecule has 10 heteroatoms. The third-order valence-electron chi connectivity index (χ3n) is 1.97. The lowest BCUT2D eigenvalue weighted by Gasteiger charge is -2.39.